The van der Waals surface area contributed by atoms with Gasteiger partial charge in [0.15, 0.2) is 0 Å². The molecule has 1 aliphatic rings. The lowest BCUT2D eigenvalue weighted by atomic mass is 9.98. The minimum atomic E-state index is 0.709. The molecule has 2 aromatic carbocycles. The summed E-state index contributed by atoms with van der Waals surface area (Å²) in [6.45, 7) is 5.90. The van der Waals surface area contributed by atoms with E-state index in [-0.39, 0.29) is 0 Å². The summed E-state index contributed by atoms with van der Waals surface area (Å²) >= 11 is 1.72. The Morgan fingerprint density at radius 2 is 2.16 bits per heavy atom. The molecule has 1 aliphatic heterocycles. The van der Waals surface area contributed by atoms with Gasteiger partial charge in [-0.15, -0.1) is 11.3 Å². The highest BCUT2D eigenvalue weighted by molar-refractivity contribution is 7.18. The summed E-state index contributed by atoms with van der Waals surface area (Å²) in [5, 5.41) is 11.4. The summed E-state index contributed by atoms with van der Waals surface area (Å²) in [7, 11) is 0. The Kier molecular flexibility index (Phi) is 5.93. The zero-order valence-electron chi connectivity index (χ0n) is 18.2. The Bertz CT molecular complexity index is 1330. The second kappa shape index (κ2) is 9.15. The number of hydrogen-bond donors (Lipinski definition) is 1. The molecule has 6 heteroatoms. The minimum Gasteiger partial charge on any atom is -0.494 e. The van der Waals surface area contributed by atoms with Crippen LogP contribution in [0.2, 0.25) is 0 Å². The molecular formula is C26H26N4OS. The standard InChI is InChI=1S/C26H26N4OS/c1-18-29-25-15-21(5-7-26(25)32-18)31-13-3-2-10-30-11-8-20(9-12-30)23-17-28-24-6-4-19(16-27)14-22(23)24/h4-8,14-15,17,28H,2-3,9-13H2,1H3. The molecule has 4 aromatic rings. The van der Waals surface area contributed by atoms with Crippen LogP contribution in [0.5, 0.6) is 5.75 Å². The number of hydrogen-bond acceptors (Lipinski definition) is 5. The molecule has 2 aromatic heterocycles. The van der Waals surface area contributed by atoms with Crippen molar-refractivity contribution < 1.29 is 4.74 Å². The number of aromatic nitrogens is 2. The number of aryl methyl sites for hydroxylation is 1. The molecule has 0 bridgehead atoms. The molecule has 0 spiro atoms. The highest BCUT2D eigenvalue weighted by Gasteiger charge is 2.15. The molecule has 0 atom stereocenters. The Hall–Kier alpha value is -3.14. The molecular weight excluding hydrogens is 416 g/mol. The van der Waals surface area contributed by atoms with E-state index in [0.29, 0.717) is 5.56 Å². The average Bonchev–Trinajstić information content (AvgIpc) is 3.41. The molecule has 0 saturated carbocycles. The van der Waals surface area contributed by atoms with Crippen LogP contribution >= 0.6 is 11.3 Å². The summed E-state index contributed by atoms with van der Waals surface area (Å²) in [4.78, 5) is 10.4. The highest BCUT2D eigenvalue weighted by atomic mass is 32.1. The zero-order valence-corrected chi connectivity index (χ0v) is 19.0. The lowest BCUT2D eigenvalue weighted by Crippen LogP contribution is -2.29. The molecule has 0 unspecified atom stereocenters. The third-order valence-corrected chi connectivity index (χ3v) is 7.01. The maximum absolute atomic E-state index is 9.21. The molecule has 3 heterocycles. The number of nitriles is 1. The summed E-state index contributed by atoms with van der Waals surface area (Å²) in [5.41, 5.74) is 5.43. The van der Waals surface area contributed by atoms with E-state index in [1.54, 1.807) is 11.3 Å². The number of unbranched alkanes of at least 4 members (excludes halogenated alkanes) is 1. The van der Waals surface area contributed by atoms with Gasteiger partial charge in [0.05, 0.1) is 33.5 Å². The predicted molar refractivity (Wildman–Crippen MR) is 131 cm³/mol. The normalized spacial score (nSPS) is 14.6. The summed E-state index contributed by atoms with van der Waals surface area (Å²) in [5.74, 6) is 0.909. The van der Waals surface area contributed by atoms with Gasteiger partial charge in [-0.1, -0.05) is 6.08 Å². The van der Waals surface area contributed by atoms with E-state index in [1.165, 1.54) is 15.8 Å². The number of nitrogens with one attached hydrogen (secondary N) is 1. The first-order chi connectivity index (χ1) is 15.7. The predicted octanol–water partition coefficient (Wildman–Crippen LogP) is 5.91. The van der Waals surface area contributed by atoms with E-state index in [0.717, 1.165) is 72.7 Å². The highest BCUT2D eigenvalue weighted by Crippen LogP contribution is 2.30. The Morgan fingerprint density at radius 3 is 3.00 bits per heavy atom. The zero-order chi connectivity index (χ0) is 21.9. The van der Waals surface area contributed by atoms with Crippen molar-refractivity contribution in [2.24, 2.45) is 0 Å². The van der Waals surface area contributed by atoms with Crippen molar-refractivity contribution in [2.75, 3.05) is 26.2 Å². The third-order valence-electron chi connectivity index (χ3n) is 6.05. The van der Waals surface area contributed by atoms with Gasteiger partial charge in [0.2, 0.25) is 0 Å². The topological polar surface area (TPSA) is 64.9 Å². The summed E-state index contributed by atoms with van der Waals surface area (Å²) < 4.78 is 7.16. The second-order valence-corrected chi connectivity index (χ2v) is 9.51. The van der Waals surface area contributed by atoms with Crippen LogP contribution < -0.4 is 4.74 Å². The van der Waals surface area contributed by atoms with Crippen molar-refractivity contribution in [2.45, 2.75) is 26.2 Å². The molecule has 5 nitrogen and oxygen atoms in total. The van der Waals surface area contributed by atoms with Crippen molar-refractivity contribution in [3.05, 3.63) is 64.8 Å². The molecule has 0 radical (unpaired) electrons. The second-order valence-electron chi connectivity index (χ2n) is 8.27. The summed E-state index contributed by atoms with van der Waals surface area (Å²) in [6.07, 6.45) is 7.62. The van der Waals surface area contributed by atoms with Crippen molar-refractivity contribution in [3.63, 3.8) is 0 Å². The van der Waals surface area contributed by atoms with Crippen LogP contribution in [0, 0.1) is 18.3 Å². The van der Waals surface area contributed by atoms with Crippen LogP contribution in [0.4, 0.5) is 0 Å². The van der Waals surface area contributed by atoms with E-state index < -0.39 is 0 Å². The molecule has 0 amide bonds. The van der Waals surface area contributed by atoms with Crippen molar-refractivity contribution >= 4 is 38.0 Å². The van der Waals surface area contributed by atoms with E-state index in [2.05, 4.69) is 39.3 Å². The molecule has 32 heavy (non-hydrogen) atoms. The number of benzene rings is 2. The fourth-order valence-electron chi connectivity index (χ4n) is 4.35. The number of H-pyrrole nitrogens is 1. The SMILES string of the molecule is Cc1nc2cc(OCCCCN3CC=C(c4c[nH]c5ccc(C#N)cc45)CC3)ccc2s1. The summed E-state index contributed by atoms with van der Waals surface area (Å²) in [6, 6.07) is 14.3. The third kappa shape index (κ3) is 4.40. The van der Waals surface area contributed by atoms with E-state index in [4.69, 9.17) is 4.74 Å². The largest absolute Gasteiger partial charge is 0.494 e. The molecule has 162 valence electrons. The lowest BCUT2D eigenvalue weighted by Gasteiger charge is -2.26. The van der Waals surface area contributed by atoms with Crippen LogP contribution in [-0.4, -0.2) is 41.1 Å². The quantitative estimate of drug-likeness (QED) is 0.362. The van der Waals surface area contributed by atoms with Crippen LogP contribution in [0.15, 0.2) is 48.7 Å². The fourth-order valence-corrected chi connectivity index (χ4v) is 5.16. The molecule has 1 N–H and O–H groups in total. The number of rotatable bonds is 7. The molecule has 0 fully saturated rings. The van der Waals surface area contributed by atoms with Gasteiger partial charge >= 0.3 is 0 Å². The number of thiazole rings is 1. The lowest BCUT2D eigenvalue weighted by molar-refractivity contribution is 0.265. The van der Waals surface area contributed by atoms with Crippen LogP contribution in [0.1, 0.15) is 35.4 Å². The van der Waals surface area contributed by atoms with Crippen LogP contribution in [0.3, 0.4) is 0 Å². The van der Waals surface area contributed by atoms with Gasteiger partial charge in [0.1, 0.15) is 5.75 Å². The van der Waals surface area contributed by atoms with Gasteiger partial charge in [0.25, 0.3) is 0 Å². The number of ether oxygens (including phenoxy) is 1. The van der Waals surface area contributed by atoms with Gasteiger partial charge in [-0.25, -0.2) is 4.98 Å². The number of aromatic amines is 1. The van der Waals surface area contributed by atoms with E-state index in [1.807, 2.05) is 37.3 Å². The maximum atomic E-state index is 9.21. The smallest absolute Gasteiger partial charge is 0.121 e. The van der Waals surface area contributed by atoms with Crippen molar-refractivity contribution in [3.8, 4) is 11.8 Å². The van der Waals surface area contributed by atoms with Gasteiger partial charge in [-0.2, -0.15) is 5.26 Å². The monoisotopic (exact) mass is 442 g/mol. The first-order valence-electron chi connectivity index (χ1n) is 11.1. The first kappa shape index (κ1) is 20.7. The fraction of sp³-hybridized carbons (Fsp3) is 0.308. The van der Waals surface area contributed by atoms with Gasteiger partial charge in [-0.05, 0) is 68.6 Å². The Labute approximate surface area is 192 Å². The van der Waals surface area contributed by atoms with E-state index in [9.17, 15) is 5.26 Å². The number of nitrogens with zero attached hydrogens (tertiary/aromatic N) is 3. The van der Waals surface area contributed by atoms with Crippen molar-refractivity contribution in [1.82, 2.24) is 14.9 Å². The number of fused-ring (bicyclic) bond motifs is 2. The minimum absolute atomic E-state index is 0.709. The van der Waals surface area contributed by atoms with Crippen molar-refractivity contribution in [1.29, 1.82) is 5.26 Å². The maximum Gasteiger partial charge on any atom is 0.121 e. The van der Waals surface area contributed by atoms with Gasteiger partial charge < -0.3 is 9.72 Å². The molecule has 0 saturated heterocycles. The van der Waals surface area contributed by atoms with E-state index >= 15 is 0 Å². The molecule has 0 aliphatic carbocycles. The first-order valence-corrected chi connectivity index (χ1v) is 11.9. The average molecular weight is 443 g/mol. The van der Waals surface area contributed by atoms with Crippen LogP contribution in [-0.2, 0) is 0 Å². The molecule has 5 rings (SSSR count). The van der Waals surface area contributed by atoms with Gasteiger partial charge in [-0.3, -0.25) is 4.90 Å². The van der Waals surface area contributed by atoms with Crippen LogP contribution in [0.25, 0.3) is 26.7 Å². The van der Waals surface area contributed by atoms with Gasteiger partial charge in [0, 0.05) is 41.8 Å². The Balaban J connectivity index is 1.10. The Morgan fingerprint density at radius 1 is 1.22 bits per heavy atom.